The fraction of sp³-hybridized carbons (Fsp3) is 0.500. The zero-order valence-corrected chi connectivity index (χ0v) is 13.2. The summed E-state index contributed by atoms with van der Waals surface area (Å²) in [5.41, 5.74) is 6.19. The summed E-state index contributed by atoms with van der Waals surface area (Å²) in [5, 5.41) is 6.38. The van der Waals surface area contributed by atoms with Crippen LogP contribution >= 0.6 is 11.8 Å². The second kappa shape index (κ2) is 6.30. The molecule has 1 aliphatic heterocycles. The summed E-state index contributed by atoms with van der Waals surface area (Å²) in [6.45, 7) is 2.02. The number of primary amides is 1. The summed E-state index contributed by atoms with van der Waals surface area (Å²) < 4.78 is 0. The molecule has 22 heavy (non-hydrogen) atoms. The maximum absolute atomic E-state index is 12.5. The minimum Gasteiger partial charge on any atom is -0.369 e. The Morgan fingerprint density at radius 1 is 1.32 bits per heavy atom. The van der Waals surface area contributed by atoms with E-state index in [4.69, 9.17) is 5.73 Å². The van der Waals surface area contributed by atoms with Crippen molar-refractivity contribution < 1.29 is 9.59 Å². The average Bonchev–Trinajstić information content (AvgIpc) is 3.20. The van der Waals surface area contributed by atoms with E-state index in [9.17, 15) is 9.59 Å². The van der Waals surface area contributed by atoms with Gasteiger partial charge >= 0.3 is 0 Å². The van der Waals surface area contributed by atoms with Crippen LogP contribution in [0, 0.1) is 11.3 Å². The van der Waals surface area contributed by atoms with Crippen molar-refractivity contribution in [2.45, 2.75) is 24.2 Å². The molecule has 1 aromatic carbocycles. The highest BCUT2D eigenvalue weighted by atomic mass is 32.2. The molecule has 1 unspecified atom stereocenters. The lowest BCUT2D eigenvalue weighted by Crippen LogP contribution is -2.31. The molecule has 4 N–H and O–H groups in total. The number of hydrogen-bond acceptors (Lipinski definition) is 4. The summed E-state index contributed by atoms with van der Waals surface area (Å²) in [6.07, 6.45) is 3.17. The third kappa shape index (κ3) is 3.28. The highest BCUT2D eigenvalue weighted by molar-refractivity contribution is 8.00. The predicted octanol–water partition coefficient (Wildman–Crippen LogP) is 1.59. The second-order valence-electron chi connectivity index (χ2n) is 6.11. The standard InChI is InChI=1S/C16H21N3O2S/c17-14(20)10-22-13-4-2-1-3-12(13)19-15(21)11-9-16(11)5-7-18-8-6-16/h1-4,11,18H,5-10H2,(H2,17,20)(H,19,21). The van der Waals surface area contributed by atoms with Gasteiger partial charge in [-0.25, -0.2) is 0 Å². The average molecular weight is 319 g/mol. The van der Waals surface area contributed by atoms with E-state index in [-0.39, 0.29) is 28.9 Å². The van der Waals surface area contributed by atoms with Gasteiger partial charge in [-0.3, -0.25) is 9.59 Å². The molecule has 2 amide bonds. The number of carbonyl (C=O) groups is 2. The molecular weight excluding hydrogens is 298 g/mol. The topological polar surface area (TPSA) is 84.2 Å². The van der Waals surface area contributed by atoms with Crippen LogP contribution in [0.25, 0.3) is 0 Å². The van der Waals surface area contributed by atoms with Crippen molar-refractivity contribution in [1.82, 2.24) is 5.32 Å². The molecule has 3 rings (SSSR count). The van der Waals surface area contributed by atoms with Crippen LogP contribution in [-0.2, 0) is 9.59 Å². The quantitative estimate of drug-likeness (QED) is 0.720. The number of carbonyl (C=O) groups excluding carboxylic acids is 2. The number of amides is 2. The van der Waals surface area contributed by atoms with Gasteiger partial charge in [0.25, 0.3) is 0 Å². The van der Waals surface area contributed by atoms with Crippen molar-refractivity contribution in [3.8, 4) is 0 Å². The van der Waals surface area contributed by atoms with E-state index in [1.165, 1.54) is 11.8 Å². The molecule has 1 aromatic rings. The van der Waals surface area contributed by atoms with Gasteiger partial charge in [0.1, 0.15) is 0 Å². The number of nitrogens with one attached hydrogen (secondary N) is 2. The number of thioether (sulfide) groups is 1. The van der Waals surface area contributed by atoms with E-state index < -0.39 is 0 Å². The van der Waals surface area contributed by atoms with E-state index in [1.807, 2.05) is 24.3 Å². The van der Waals surface area contributed by atoms with Gasteiger partial charge in [-0.1, -0.05) is 12.1 Å². The van der Waals surface area contributed by atoms with Gasteiger partial charge in [-0.05, 0) is 49.9 Å². The number of nitrogens with two attached hydrogens (primary N) is 1. The summed E-state index contributed by atoms with van der Waals surface area (Å²) in [5.74, 6) is 0.0890. The number of para-hydroxylation sites is 1. The molecule has 0 aromatic heterocycles. The smallest absolute Gasteiger partial charge is 0.228 e. The minimum absolute atomic E-state index is 0.106. The molecular formula is C16H21N3O2S. The van der Waals surface area contributed by atoms with Crippen molar-refractivity contribution in [2.24, 2.45) is 17.1 Å². The predicted molar refractivity (Wildman–Crippen MR) is 87.6 cm³/mol. The maximum Gasteiger partial charge on any atom is 0.228 e. The summed E-state index contributed by atoms with van der Waals surface area (Å²) in [4.78, 5) is 24.3. The molecule has 5 nitrogen and oxygen atoms in total. The van der Waals surface area contributed by atoms with Gasteiger partial charge in [0.05, 0.1) is 11.4 Å². The molecule has 1 heterocycles. The molecule has 1 atom stereocenters. The van der Waals surface area contributed by atoms with Crippen LogP contribution in [-0.4, -0.2) is 30.7 Å². The van der Waals surface area contributed by atoms with Crippen molar-refractivity contribution in [3.63, 3.8) is 0 Å². The van der Waals surface area contributed by atoms with E-state index in [1.54, 1.807) is 0 Å². The fourth-order valence-corrected chi connectivity index (χ4v) is 4.01. The van der Waals surface area contributed by atoms with Crippen LogP contribution in [0.3, 0.4) is 0 Å². The maximum atomic E-state index is 12.5. The van der Waals surface area contributed by atoms with Gasteiger partial charge in [0.15, 0.2) is 0 Å². The number of piperidine rings is 1. The molecule has 0 radical (unpaired) electrons. The van der Waals surface area contributed by atoms with Crippen LogP contribution in [0.2, 0.25) is 0 Å². The third-order valence-corrected chi connectivity index (χ3v) is 5.72. The highest BCUT2D eigenvalue weighted by Crippen LogP contribution is 2.58. The first kappa shape index (κ1) is 15.4. The molecule has 6 heteroatoms. The summed E-state index contributed by atoms with van der Waals surface area (Å²) in [6, 6.07) is 7.55. The molecule has 2 aliphatic rings. The molecule has 0 bridgehead atoms. The first-order chi connectivity index (χ1) is 10.6. The van der Waals surface area contributed by atoms with Crippen molar-refractivity contribution in [1.29, 1.82) is 0 Å². The summed E-state index contributed by atoms with van der Waals surface area (Å²) >= 11 is 1.36. The van der Waals surface area contributed by atoms with E-state index in [0.29, 0.717) is 0 Å². The third-order valence-electron chi connectivity index (χ3n) is 4.62. The van der Waals surface area contributed by atoms with Crippen molar-refractivity contribution >= 4 is 29.3 Å². The Bertz CT molecular complexity index is 585. The first-order valence-corrected chi connectivity index (χ1v) is 8.61. The van der Waals surface area contributed by atoms with Gasteiger partial charge in [-0.2, -0.15) is 0 Å². The largest absolute Gasteiger partial charge is 0.369 e. The van der Waals surface area contributed by atoms with Crippen LogP contribution in [0.15, 0.2) is 29.2 Å². The van der Waals surface area contributed by atoms with Crippen LogP contribution in [0.5, 0.6) is 0 Å². The Morgan fingerprint density at radius 2 is 2.05 bits per heavy atom. The van der Waals surface area contributed by atoms with E-state index >= 15 is 0 Å². The molecule has 1 spiro atoms. The molecule has 1 saturated carbocycles. The minimum atomic E-state index is -0.359. The Hall–Kier alpha value is -1.53. The van der Waals surface area contributed by atoms with Gasteiger partial charge in [0.2, 0.25) is 11.8 Å². The van der Waals surface area contributed by atoms with E-state index in [0.717, 1.165) is 42.9 Å². The van der Waals surface area contributed by atoms with Crippen LogP contribution in [0.4, 0.5) is 5.69 Å². The Morgan fingerprint density at radius 3 is 2.77 bits per heavy atom. The molecule has 1 aliphatic carbocycles. The number of hydrogen-bond donors (Lipinski definition) is 3. The number of benzene rings is 1. The molecule has 2 fully saturated rings. The van der Waals surface area contributed by atoms with Crippen molar-refractivity contribution in [2.75, 3.05) is 24.2 Å². The number of rotatable bonds is 5. The SMILES string of the molecule is NC(=O)CSc1ccccc1NC(=O)C1CC12CCNCC2. The lowest BCUT2D eigenvalue weighted by molar-refractivity contribution is -0.118. The number of anilines is 1. The van der Waals surface area contributed by atoms with Gasteiger partial charge < -0.3 is 16.4 Å². The lowest BCUT2D eigenvalue weighted by Gasteiger charge is -2.23. The van der Waals surface area contributed by atoms with E-state index in [2.05, 4.69) is 10.6 Å². The van der Waals surface area contributed by atoms with Gasteiger partial charge in [0, 0.05) is 10.8 Å². The summed E-state index contributed by atoms with van der Waals surface area (Å²) in [7, 11) is 0. The lowest BCUT2D eigenvalue weighted by atomic mass is 9.92. The normalized spacial score (nSPS) is 22.3. The Labute approximate surface area is 134 Å². The second-order valence-corrected chi connectivity index (χ2v) is 7.13. The van der Waals surface area contributed by atoms with Gasteiger partial charge in [-0.15, -0.1) is 11.8 Å². The molecule has 1 saturated heterocycles. The zero-order valence-electron chi connectivity index (χ0n) is 12.4. The van der Waals surface area contributed by atoms with Crippen LogP contribution < -0.4 is 16.4 Å². The monoisotopic (exact) mass is 319 g/mol. The fourth-order valence-electron chi connectivity index (χ4n) is 3.26. The van der Waals surface area contributed by atoms with Crippen molar-refractivity contribution in [3.05, 3.63) is 24.3 Å². The Balaban J connectivity index is 1.63. The Kier molecular flexibility index (Phi) is 4.40. The first-order valence-electron chi connectivity index (χ1n) is 7.62. The van der Waals surface area contributed by atoms with Crippen LogP contribution in [0.1, 0.15) is 19.3 Å². The molecule has 118 valence electrons. The highest BCUT2D eigenvalue weighted by Gasteiger charge is 2.57. The zero-order chi connectivity index (χ0) is 15.6.